The summed E-state index contributed by atoms with van der Waals surface area (Å²) in [5, 5.41) is 0.0737. The highest BCUT2D eigenvalue weighted by atomic mass is 79.9. The third-order valence-corrected chi connectivity index (χ3v) is 8.18. The molecule has 0 heterocycles. The molecule has 0 aliphatic rings. The molecule has 0 unspecified atom stereocenters. The van der Waals surface area contributed by atoms with Crippen LogP contribution in [0.4, 0.5) is 10.1 Å². The van der Waals surface area contributed by atoms with Crippen molar-refractivity contribution in [1.29, 1.82) is 0 Å². The largest absolute Gasteiger partial charge is 0.543 e. The number of halogens is 2. The van der Waals surface area contributed by atoms with Crippen LogP contribution in [0, 0.1) is 5.82 Å². The summed E-state index contributed by atoms with van der Waals surface area (Å²) in [5.41, 5.74) is 5.61. The van der Waals surface area contributed by atoms with E-state index in [-0.39, 0.29) is 10.7 Å². The second kappa shape index (κ2) is 4.61. The second-order valence-corrected chi connectivity index (χ2v) is 11.2. The maximum Gasteiger partial charge on any atom is 0.250 e. The average molecular weight is 320 g/mol. The molecule has 0 atom stereocenters. The first-order valence-electron chi connectivity index (χ1n) is 5.48. The predicted molar refractivity (Wildman–Crippen MR) is 76.3 cm³/mol. The molecule has 5 heteroatoms. The summed E-state index contributed by atoms with van der Waals surface area (Å²) in [6, 6.07) is 2.89. The van der Waals surface area contributed by atoms with Crippen molar-refractivity contribution < 1.29 is 8.82 Å². The van der Waals surface area contributed by atoms with Crippen molar-refractivity contribution in [2.24, 2.45) is 0 Å². The zero-order valence-corrected chi connectivity index (χ0v) is 13.5. The molecule has 1 aromatic rings. The highest BCUT2D eigenvalue weighted by Gasteiger charge is 2.39. The first-order valence-corrected chi connectivity index (χ1v) is 9.18. The van der Waals surface area contributed by atoms with Crippen molar-refractivity contribution in [3.05, 3.63) is 22.4 Å². The van der Waals surface area contributed by atoms with E-state index in [0.717, 1.165) is 0 Å². The topological polar surface area (TPSA) is 35.2 Å². The number of rotatable bonds is 2. The Labute approximate surface area is 112 Å². The molecule has 0 radical (unpaired) electrons. The van der Waals surface area contributed by atoms with Gasteiger partial charge in [0.2, 0.25) is 0 Å². The molecule has 17 heavy (non-hydrogen) atoms. The van der Waals surface area contributed by atoms with Crippen LogP contribution in [0.2, 0.25) is 18.1 Å². The number of hydrogen-bond acceptors (Lipinski definition) is 2. The van der Waals surface area contributed by atoms with Gasteiger partial charge >= 0.3 is 0 Å². The standard InChI is InChI=1S/C12H19BrFNOSi/c1-12(2,3)17(4,5)16-11-7-9(14)10(15)6-8(11)13/h6-7H,15H2,1-5H3. The molecule has 0 amide bonds. The fraction of sp³-hybridized carbons (Fsp3) is 0.500. The van der Waals surface area contributed by atoms with Crippen LogP contribution in [0.1, 0.15) is 20.8 Å². The van der Waals surface area contributed by atoms with Crippen LogP contribution in [0.25, 0.3) is 0 Å². The third kappa shape index (κ3) is 3.22. The first-order chi connectivity index (χ1) is 7.54. The summed E-state index contributed by atoms with van der Waals surface area (Å²) in [6.07, 6.45) is 0. The molecule has 96 valence electrons. The van der Waals surface area contributed by atoms with Crippen molar-refractivity contribution in [2.45, 2.75) is 38.9 Å². The Kier molecular flexibility index (Phi) is 3.93. The van der Waals surface area contributed by atoms with Gasteiger partial charge in [-0.25, -0.2) is 4.39 Å². The van der Waals surface area contributed by atoms with Gasteiger partial charge in [-0.15, -0.1) is 0 Å². The third-order valence-electron chi connectivity index (χ3n) is 3.22. The zero-order valence-electron chi connectivity index (χ0n) is 10.9. The van der Waals surface area contributed by atoms with E-state index in [1.165, 1.54) is 12.1 Å². The van der Waals surface area contributed by atoms with Crippen molar-refractivity contribution in [3.8, 4) is 5.75 Å². The van der Waals surface area contributed by atoms with E-state index in [4.69, 9.17) is 10.2 Å². The van der Waals surface area contributed by atoms with E-state index in [9.17, 15) is 4.39 Å². The van der Waals surface area contributed by atoms with E-state index in [1.807, 2.05) is 0 Å². The Hall–Kier alpha value is -0.553. The maximum atomic E-state index is 13.4. The van der Waals surface area contributed by atoms with Crippen molar-refractivity contribution in [2.75, 3.05) is 5.73 Å². The van der Waals surface area contributed by atoms with E-state index < -0.39 is 14.1 Å². The van der Waals surface area contributed by atoms with E-state index in [1.54, 1.807) is 0 Å². The minimum atomic E-state index is -1.95. The van der Waals surface area contributed by atoms with Gasteiger partial charge < -0.3 is 10.2 Å². The molecule has 2 nitrogen and oxygen atoms in total. The van der Waals surface area contributed by atoms with Gasteiger partial charge in [-0.05, 0) is 40.1 Å². The fourth-order valence-corrected chi connectivity index (χ4v) is 2.67. The van der Waals surface area contributed by atoms with Crippen LogP contribution < -0.4 is 10.2 Å². The number of hydrogen-bond donors (Lipinski definition) is 1. The number of nitrogens with two attached hydrogens (primary N) is 1. The Bertz CT molecular complexity index is 429. The van der Waals surface area contributed by atoms with Gasteiger partial charge in [0.25, 0.3) is 8.32 Å². The molecule has 0 fully saturated rings. The second-order valence-electron chi connectivity index (χ2n) is 5.67. The molecule has 1 aromatic carbocycles. The summed E-state index contributed by atoms with van der Waals surface area (Å²) in [7, 11) is -1.95. The molecule has 1 rings (SSSR count). The van der Waals surface area contributed by atoms with Gasteiger partial charge in [-0.2, -0.15) is 0 Å². The highest BCUT2D eigenvalue weighted by molar-refractivity contribution is 9.10. The molecular weight excluding hydrogens is 301 g/mol. The lowest BCUT2D eigenvalue weighted by atomic mass is 10.2. The van der Waals surface area contributed by atoms with E-state index in [0.29, 0.717) is 10.2 Å². The molecule has 0 bridgehead atoms. The number of nitrogen functional groups attached to an aromatic ring is 1. The summed E-state index contributed by atoms with van der Waals surface area (Å²) in [6.45, 7) is 10.7. The smallest absolute Gasteiger partial charge is 0.250 e. The van der Waals surface area contributed by atoms with Crippen molar-refractivity contribution in [1.82, 2.24) is 0 Å². The molecular formula is C12H19BrFNOSi. The normalized spacial score (nSPS) is 12.6. The summed E-state index contributed by atoms with van der Waals surface area (Å²) >= 11 is 3.35. The summed E-state index contributed by atoms with van der Waals surface area (Å²) < 4.78 is 20.1. The minimum absolute atomic E-state index is 0.0737. The van der Waals surface area contributed by atoms with Crippen molar-refractivity contribution in [3.63, 3.8) is 0 Å². The quantitative estimate of drug-likeness (QED) is 0.641. The Morgan fingerprint density at radius 2 is 1.82 bits per heavy atom. The number of anilines is 1. The SMILES string of the molecule is CC(C)(C)[Si](C)(C)Oc1cc(F)c(N)cc1Br. The lowest BCUT2D eigenvalue weighted by Gasteiger charge is -2.36. The molecule has 0 aliphatic heterocycles. The van der Waals surface area contributed by atoms with Crippen LogP contribution in [0.15, 0.2) is 16.6 Å². The molecule has 0 saturated heterocycles. The lowest BCUT2D eigenvalue weighted by Crippen LogP contribution is -2.44. The van der Waals surface area contributed by atoms with Gasteiger partial charge in [-0.1, -0.05) is 20.8 Å². The first kappa shape index (κ1) is 14.5. The predicted octanol–water partition coefficient (Wildman–Crippen LogP) is 4.55. The van der Waals surface area contributed by atoms with Gasteiger partial charge in [0, 0.05) is 6.07 Å². The maximum absolute atomic E-state index is 13.4. The van der Waals surface area contributed by atoms with Crippen LogP contribution >= 0.6 is 15.9 Å². The Morgan fingerprint density at radius 1 is 1.29 bits per heavy atom. The lowest BCUT2D eigenvalue weighted by molar-refractivity contribution is 0.485. The monoisotopic (exact) mass is 319 g/mol. The Morgan fingerprint density at radius 3 is 2.29 bits per heavy atom. The van der Waals surface area contributed by atoms with Gasteiger partial charge in [0.05, 0.1) is 10.2 Å². The van der Waals surface area contributed by atoms with Gasteiger partial charge in [0.15, 0.2) is 0 Å². The zero-order chi connectivity index (χ0) is 13.4. The summed E-state index contributed by atoms with van der Waals surface area (Å²) in [4.78, 5) is 0. The van der Waals surface area contributed by atoms with E-state index in [2.05, 4.69) is 49.8 Å². The average Bonchev–Trinajstić information content (AvgIpc) is 2.12. The molecule has 0 spiro atoms. The molecule has 0 aromatic heterocycles. The van der Waals surface area contributed by atoms with Crippen molar-refractivity contribution >= 4 is 29.9 Å². The fourth-order valence-electron chi connectivity index (χ4n) is 1.05. The summed E-state index contributed by atoms with van der Waals surface area (Å²) in [5.74, 6) is 0.0881. The van der Waals surface area contributed by atoms with Crippen LogP contribution in [-0.2, 0) is 0 Å². The van der Waals surface area contributed by atoms with Gasteiger partial charge in [-0.3, -0.25) is 0 Å². The minimum Gasteiger partial charge on any atom is -0.543 e. The van der Waals surface area contributed by atoms with Crippen LogP contribution in [-0.4, -0.2) is 8.32 Å². The molecule has 0 aliphatic carbocycles. The van der Waals surface area contributed by atoms with Gasteiger partial charge in [0.1, 0.15) is 11.6 Å². The van der Waals surface area contributed by atoms with Crippen LogP contribution in [0.3, 0.4) is 0 Å². The van der Waals surface area contributed by atoms with E-state index >= 15 is 0 Å². The molecule has 0 saturated carbocycles. The van der Waals surface area contributed by atoms with Crippen LogP contribution in [0.5, 0.6) is 5.75 Å². The Balaban J connectivity index is 3.08. The highest BCUT2D eigenvalue weighted by Crippen LogP contribution is 2.40. The number of benzene rings is 1. The molecule has 2 N–H and O–H groups in total.